The fourth-order valence-electron chi connectivity index (χ4n) is 2.15. The van der Waals surface area contributed by atoms with Crippen molar-refractivity contribution in [2.75, 3.05) is 5.75 Å². The first-order valence-electron chi connectivity index (χ1n) is 6.03. The van der Waals surface area contributed by atoms with E-state index >= 15 is 0 Å². The third-order valence-electron chi connectivity index (χ3n) is 3.28. The Morgan fingerprint density at radius 1 is 1.20 bits per heavy atom. The van der Waals surface area contributed by atoms with E-state index in [0.29, 0.717) is 0 Å². The Balaban J connectivity index is 2.58. The van der Waals surface area contributed by atoms with Crippen LogP contribution in [0.5, 0.6) is 0 Å². The molecule has 1 rings (SSSR count). The normalized spacial score (nSPS) is 22.3. The van der Waals surface area contributed by atoms with Gasteiger partial charge in [-0.2, -0.15) is 0 Å². The monoisotopic (exact) mass is 233 g/mol. The van der Waals surface area contributed by atoms with Crippen molar-refractivity contribution in [3.05, 3.63) is 0 Å². The van der Waals surface area contributed by atoms with Crippen molar-refractivity contribution in [3.8, 4) is 0 Å². The van der Waals surface area contributed by atoms with Crippen LogP contribution in [0, 0.1) is 0 Å². The van der Waals surface area contributed by atoms with Crippen LogP contribution in [0.15, 0.2) is 0 Å². The smallest absolute Gasteiger partial charge is 0.154 e. The molecule has 0 radical (unpaired) electrons. The minimum atomic E-state index is -2.94. The van der Waals surface area contributed by atoms with Gasteiger partial charge in [-0.25, -0.2) is 8.42 Å². The second-order valence-corrected chi connectivity index (χ2v) is 6.94. The molecular weight excluding hydrogens is 210 g/mol. The lowest BCUT2D eigenvalue weighted by molar-refractivity contribution is 0.553. The van der Waals surface area contributed by atoms with E-state index < -0.39 is 9.84 Å². The fraction of sp³-hybridized carbons (Fsp3) is 1.00. The Morgan fingerprint density at radius 2 is 1.73 bits per heavy atom. The van der Waals surface area contributed by atoms with E-state index in [9.17, 15) is 8.42 Å². The maximum atomic E-state index is 12.0. The summed E-state index contributed by atoms with van der Waals surface area (Å²) >= 11 is 0. The van der Waals surface area contributed by atoms with Crippen LogP contribution in [-0.2, 0) is 9.84 Å². The van der Waals surface area contributed by atoms with E-state index in [2.05, 4.69) is 0 Å². The van der Waals surface area contributed by atoms with Crippen molar-refractivity contribution < 1.29 is 8.42 Å². The molecule has 0 aromatic rings. The Kier molecular flexibility index (Phi) is 5.06. The molecule has 90 valence electrons. The molecule has 0 amide bonds. The predicted molar refractivity (Wildman–Crippen MR) is 63.5 cm³/mol. The van der Waals surface area contributed by atoms with E-state index in [0.717, 1.165) is 32.1 Å². The first-order valence-corrected chi connectivity index (χ1v) is 7.75. The molecule has 0 spiro atoms. The van der Waals surface area contributed by atoms with Crippen LogP contribution in [0.4, 0.5) is 0 Å². The van der Waals surface area contributed by atoms with Crippen LogP contribution < -0.4 is 5.73 Å². The molecule has 0 bridgehead atoms. The molecule has 0 aliphatic heterocycles. The highest BCUT2D eigenvalue weighted by Crippen LogP contribution is 2.23. The molecule has 0 aromatic carbocycles. The maximum Gasteiger partial charge on any atom is 0.154 e. The molecule has 2 N–H and O–H groups in total. The highest BCUT2D eigenvalue weighted by Gasteiger charge is 2.27. The van der Waals surface area contributed by atoms with Gasteiger partial charge in [0.05, 0.1) is 11.0 Å². The highest BCUT2D eigenvalue weighted by molar-refractivity contribution is 7.92. The second-order valence-electron chi connectivity index (χ2n) is 4.61. The van der Waals surface area contributed by atoms with Gasteiger partial charge < -0.3 is 5.73 Å². The predicted octanol–water partition coefficient (Wildman–Crippen LogP) is 1.86. The van der Waals surface area contributed by atoms with Crippen molar-refractivity contribution in [1.82, 2.24) is 0 Å². The molecule has 1 unspecified atom stereocenters. The van der Waals surface area contributed by atoms with E-state index in [1.54, 1.807) is 0 Å². The molecule has 1 fully saturated rings. The van der Waals surface area contributed by atoms with Gasteiger partial charge in [-0.15, -0.1) is 0 Å². The highest BCUT2D eigenvalue weighted by atomic mass is 32.2. The zero-order chi connectivity index (χ0) is 11.3. The molecule has 0 heterocycles. The molecule has 0 saturated heterocycles. The largest absolute Gasteiger partial charge is 0.327 e. The van der Waals surface area contributed by atoms with Gasteiger partial charge in [0.25, 0.3) is 0 Å². The number of hydrogen-bond acceptors (Lipinski definition) is 3. The van der Waals surface area contributed by atoms with Crippen molar-refractivity contribution in [2.45, 2.75) is 63.2 Å². The van der Waals surface area contributed by atoms with Gasteiger partial charge in [0.1, 0.15) is 0 Å². The number of nitrogens with two attached hydrogens (primary N) is 1. The quantitative estimate of drug-likeness (QED) is 0.754. The lowest BCUT2D eigenvalue weighted by atomic mass is 10.2. The zero-order valence-electron chi connectivity index (χ0n) is 9.61. The minimum absolute atomic E-state index is 0.113. The summed E-state index contributed by atoms with van der Waals surface area (Å²) in [6.07, 6.45) is 6.93. The molecule has 1 atom stereocenters. The average Bonchev–Trinajstić information content (AvgIpc) is 2.45. The van der Waals surface area contributed by atoms with E-state index in [-0.39, 0.29) is 17.0 Å². The Hall–Kier alpha value is -0.0900. The molecule has 3 nitrogen and oxygen atoms in total. The summed E-state index contributed by atoms with van der Waals surface area (Å²) < 4.78 is 24.1. The number of hydrogen-bond donors (Lipinski definition) is 1. The zero-order valence-corrected chi connectivity index (χ0v) is 10.4. The molecule has 15 heavy (non-hydrogen) atoms. The van der Waals surface area contributed by atoms with Gasteiger partial charge in [0, 0.05) is 6.04 Å². The molecule has 1 aliphatic rings. The van der Waals surface area contributed by atoms with Crippen LogP contribution in [0.3, 0.4) is 0 Å². The summed E-state index contributed by atoms with van der Waals surface area (Å²) in [6, 6.07) is -0.182. The molecule has 1 aliphatic carbocycles. The summed E-state index contributed by atoms with van der Waals surface area (Å²) in [4.78, 5) is 0. The minimum Gasteiger partial charge on any atom is -0.327 e. The maximum absolute atomic E-state index is 12.0. The van der Waals surface area contributed by atoms with Crippen LogP contribution in [0.25, 0.3) is 0 Å². The van der Waals surface area contributed by atoms with Crippen molar-refractivity contribution in [1.29, 1.82) is 0 Å². The van der Waals surface area contributed by atoms with Crippen molar-refractivity contribution >= 4 is 9.84 Å². The van der Waals surface area contributed by atoms with E-state index in [4.69, 9.17) is 5.73 Å². The van der Waals surface area contributed by atoms with Gasteiger partial charge in [0.2, 0.25) is 0 Å². The third kappa shape index (κ3) is 4.11. The molecule has 4 heteroatoms. The van der Waals surface area contributed by atoms with Crippen LogP contribution in [0.2, 0.25) is 0 Å². The Morgan fingerprint density at radius 3 is 2.20 bits per heavy atom. The summed E-state index contributed by atoms with van der Waals surface area (Å²) in [5, 5.41) is -0.113. The van der Waals surface area contributed by atoms with E-state index in [1.807, 2.05) is 6.92 Å². The summed E-state index contributed by atoms with van der Waals surface area (Å²) in [7, 11) is -2.94. The number of sulfone groups is 1. The fourth-order valence-corrected chi connectivity index (χ4v) is 4.31. The van der Waals surface area contributed by atoms with Crippen LogP contribution in [-0.4, -0.2) is 25.5 Å². The third-order valence-corrected chi connectivity index (χ3v) is 5.66. The lowest BCUT2D eigenvalue weighted by Gasteiger charge is -2.17. The van der Waals surface area contributed by atoms with Gasteiger partial charge in [0.15, 0.2) is 9.84 Å². The van der Waals surface area contributed by atoms with Gasteiger partial charge in [-0.3, -0.25) is 0 Å². The lowest BCUT2D eigenvalue weighted by Crippen LogP contribution is -2.34. The van der Waals surface area contributed by atoms with Crippen LogP contribution in [0.1, 0.15) is 51.9 Å². The van der Waals surface area contributed by atoms with Gasteiger partial charge >= 0.3 is 0 Å². The molecule has 0 aromatic heterocycles. The van der Waals surface area contributed by atoms with Gasteiger partial charge in [-0.1, -0.05) is 32.6 Å². The van der Waals surface area contributed by atoms with Crippen molar-refractivity contribution in [2.24, 2.45) is 5.73 Å². The summed E-state index contributed by atoms with van der Waals surface area (Å²) in [6.45, 7) is 1.94. The van der Waals surface area contributed by atoms with Crippen molar-refractivity contribution in [3.63, 3.8) is 0 Å². The van der Waals surface area contributed by atoms with E-state index in [1.165, 1.54) is 12.8 Å². The Bertz CT molecular complexity index is 266. The second kappa shape index (κ2) is 5.85. The first-order chi connectivity index (χ1) is 7.06. The van der Waals surface area contributed by atoms with Gasteiger partial charge in [-0.05, 0) is 19.3 Å². The SMILES string of the molecule is CCC(N)CS(=O)(=O)C1CCCCCC1. The topological polar surface area (TPSA) is 60.2 Å². The first kappa shape index (κ1) is 13.0. The molecular formula is C11H23NO2S. The Labute approximate surface area is 93.3 Å². The number of rotatable bonds is 4. The summed E-state index contributed by atoms with van der Waals surface area (Å²) in [5.74, 6) is 0.175. The van der Waals surface area contributed by atoms with Crippen LogP contribution >= 0.6 is 0 Å². The standard InChI is InChI=1S/C11H23NO2S/c1-2-10(12)9-15(13,14)11-7-5-3-4-6-8-11/h10-11H,2-9,12H2,1H3. The molecule has 1 saturated carbocycles. The summed E-state index contributed by atoms with van der Waals surface area (Å²) in [5.41, 5.74) is 5.73. The average molecular weight is 233 g/mol.